The molecule has 2 aromatic rings. The van der Waals surface area contributed by atoms with Crippen LogP contribution in [0.2, 0.25) is 0 Å². The zero-order valence-corrected chi connectivity index (χ0v) is 17.7. The number of ketones is 1. The van der Waals surface area contributed by atoms with Gasteiger partial charge in [0, 0.05) is 18.9 Å². The summed E-state index contributed by atoms with van der Waals surface area (Å²) in [6.45, 7) is 6.69. The number of hydrogen-bond acceptors (Lipinski definition) is 5. The van der Waals surface area contributed by atoms with E-state index in [2.05, 4.69) is 23.7 Å². The Bertz CT molecular complexity index is 820. The summed E-state index contributed by atoms with van der Waals surface area (Å²) >= 11 is 0. The summed E-state index contributed by atoms with van der Waals surface area (Å²) in [7, 11) is 0. The van der Waals surface area contributed by atoms with Gasteiger partial charge >= 0.3 is 0 Å². The van der Waals surface area contributed by atoms with Crippen molar-refractivity contribution in [2.24, 2.45) is 0 Å². The smallest absolute Gasteiger partial charge is 0.231 e. The second-order valence-electron chi connectivity index (χ2n) is 6.44. The van der Waals surface area contributed by atoms with Gasteiger partial charge in [-0.3, -0.25) is 14.7 Å². The molecule has 0 saturated carbocycles. The fourth-order valence-electron chi connectivity index (χ4n) is 3.19. The number of phenols is 1. The topological polar surface area (TPSA) is 62.7 Å². The van der Waals surface area contributed by atoms with E-state index in [0.717, 1.165) is 31.5 Å². The van der Waals surface area contributed by atoms with Gasteiger partial charge in [0.15, 0.2) is 5.76 Å². The third kappa shape index (κ3) is 5.25. The van der Waals surface area contributed by atoms with Crippen LogP contribution in [0.1, 0.15) is 48.2 Å². The zero-order valence-electron chi connectivity index (χ0n) is 16.1. The van der Waals surface area contributed by atoms with Crippen LogP contribution < -0.4 is 4.74 Å². The van der Waals surface area contributed by atoms with E-state index in [-0.39, 0.29) is 42.1 Å². The summed E-state index contributed by atoms with van der Waals surface area (Å²) in [6.07, 6.45) is 7.10. The predicted molar refractivity (Wildman–Crippen MR) is 116 cm³/mol. The maximum absolute atomic E-state index is 12.7. The summed E-state index contributed by atoms with van der Waals surface area (Å²) in [5.41, 5.74) is 1.97. The molecule has 0 aliphatic carbocycles. The van der Waals surface area contributed by atoms with Gasteiger partial charge in [-0.15, -0.1) is 24.8 Å². The molecule has 0 spiro atoms. The van der Waals surface area contributed by atoms with Crippen molar-refractivity contribution in [2.75, 3.05) is 13.1 Å². The van der Waals surface area contributed by atoms with Crippen LogP contribution in [-0.4, -0.2) is 33.9 Å². The van der Waals surface area contributed by atoms with E-state index < -0.39 is 0 Å². The first-order valence-corrected chi connectivity index (χ1v) is 9.05. The number of benzene rings is 1. The number of fused-ring (bicyclic) bond motifs is 1. The van der Waals surface area contributed by atoms with Crippen molar-refractivity contribution >= 4 is 36.7 Å². The Balaban J connectivity index is 0.00000196. The lowest BCUT2D eigenvalue weighted by Gasteiger charge is -2.22. The van der Waals surface area contributed by atoms with Gasteiger partial charge in [0.2, 0.25) is 5.78 Å². The molecule has 1 aromatic carbocycles. The zero-order chi connectivity index (χ0) is 18.5. The van der Waals surface area contributed by atoms with Crippen LogP contribution in [0.3, 0.4) is 0 Å². The summed E-state index contributed by atoms with van der Waals surface area (Å²) < 4.78 is 5.89. The van der Waals surface area contributed by atoms with Gasteiger partial charge in [0.05, 0.1) is 11.1 Å². The highest BCUT2D eigenvalue weighted by atomic mass is 35.5. The molecule has 0 atom stereocenters. The minimum absolute atomic E-state index is 0. The number of carbonyl (C=O) groups is 1. The van der Waals surface area contributed by atoms with Crippen LogP contribution >= 0.6 is 24.8 Å². The number of aromatic nitrogens is 1. The van der Waals surface area contributed by atoms with Gasteiger partial charge in [0.25, 0.3) is 0 Å². The SMILES string of the molecule is CCCN(CCC)Cc1c(O)ccc2c1OC(=Cc1cccnc1)C2=O.Cl.Cl. The number of aromatic hydroxyl groups is 1. The van der Waals surface area contributed by atoms with E-state index in [1.165, 1.54) is 0 Å². The molecule has 0 radical (unpaired) electrons. The molecule has 152 valence electrons. The molecule has 1 aromatic heterocycles. The third-order valence-electron chi connectivity index (χ3n) is 4.36. The van der Waals surface area contributed by atoms with Crippen LogP contribution in [-0.2, 0) is 6.54 Å². The van der Waals surface area contributed by atoms with Crippen molar-refractivity contribution in [1.29, 1.82) is 0 Å². The van der Waals surface area contributed by atoms with Crippen LogP contribution in [0.15, 0.2) is 42.4 Å². The lowest BCUT2D eigenvalue weighted by atomic mass is 10.0. The molecule has 0 unspecified atom stereocenters. The van der Waals surface area contributed by atoms with E-state index in [1.807, 2.05) is 12.1 Å². The van der Waals surface area contributed by atoms with Crippen LogP contribution in [0.5, 0.6) is 11.5 Å². The normalized spacial score (nSPS) is 13.7. The Morgan fingerprint density at radius 2 is 1.86 bits per heavy atom. The first-order valence-electron chi connectivity index (χ1n) is 9.05. The average Bonchev–Trinajstić information content (AvgIpc) is 2.95. The molecule has 0 amide bonds. The van der Waals surface area contributed by atoms with Crippen LogP contribution in [0.25, 0.3) is 6.08 Å². The summed E-state index contributed by atoms with van der Waals surface area (Å²) in [6, 6.07) is 6.88. The van der Waals surface area contributed by atoms with E-state index in [9.17, 15) is 9.90 Å². The van der Waals surface area contributed by atoms with Gasteiger partial charge in [0.1, 0.15) is 11.5 Å². The molecule has 1 N–H and O–H groups in total. The van der Waals surface area contributed by atoms with Gasteiger partial charge in [-0.2, -0.15) is 0 Å². The average molecular weight is 425 g/mol. The molecule has 0 fully saturated rings. The molecule has 1 aliphatic heterocycles. The van der Waals surface area contributed by atoms with Gasteiger partial charge in [-0.25, -0.2) is 0 Å². The maximum atomic E-state index is 12.7. The molecule has 5 nitrogen and oxygen atoms in total. The minimum atomic E-state index is -0.164. The minimum Gasteiger partial charge on any atom is -0.507 e. The Morgan fingerprint density at radius 3 is 2.46 bits per heavy atom. The summed E-state index contributed by atoms with van der Waals surface area (Å²) in [5, 5.41) is 10.4. The number of allylic oxidation sites excluding steroid dienone is 1. The monoisotopic (exact) mass is 424 g/mol. The maximum Gasteiger partial charge on any atom is 0.231 e. The number of nitrogens with zero attached hydrogens (tertiary/aromatic N) is 2. The van der Waals surface area contributed by atoms with Gasteiger partial charge in [-0.1, -0.05) is 19.9 Å². The predicted octanol–water partition coefficient (Wildman–Crippen LogP) is 4.87. The Hall–Kier alpha value is -2.08. The standard InChI is InChI=1S/C21H24N2O3.2ClH/c1-3-10-23(11-4-2)14-17-18(24)8-7-16-20(25)19(26-21(16)17)12-15-6-5-9-22-13-15;;/h5-9,12-13,24H,3-4,10-11,14H2,1-2H3;2*1H. The molecule has 1 aliphatic rings. The summed E-state index contributed by atoms with van der Waals surface area (Å²) in [4.78, 5) is 19.0. The Labute approximate surface area is 178 Å². The molecule has 28 heavy (non-hydrogen) atoms. The van der Waals surface area contributed by atoms with Crippen molar-refractivity contribution in [2.45, 2.75) is 33.2 Å². The third-order valence-corrected chi connectivity index (χ3v) is 4.36. The van der Waals surface area contributed by atoms with E-state index in [0.29, 0.717) is 23.4 Å². The number of ether oxygens (including phenoxy) is 1. The molecule has 2 heterocycles. The number of halogens is 2. The quantitative estimate of drug-likeness (QED) is 0.642. The first kappa shape index (κ1) is 24.0. The van der Waals surface area contributed by atoms with Crippen molar-refractivity contribution in [1.82, 2.24) is 9.88 Å². The largest absolute Gasteiger partial charge is 0.507 e. The first-order chi connectivity index (χ1) is 12.6. The highest BCUT2D eigenvalue weighted by molar-refractivity contribution is 6.14. The fourth-order valence-corrected chi connectivity index (χ4v) is 3.19. The number of carbonyl (C=O) groups excluding carboxylic acids is 1. The molecule has 3 rings (SSSR count). The highest BCUT2D eigenvalue weighted by Crippen LogP contribution is 2.40. The van der Waals surface area contributed by atoms with E-state index in [1.54, 1.807) is 30.6 Å². The van der Waals surface area contributed by atoms with Crippen molar-refractivity contribution in [3.05, 3.63) is 59.1 Å². The van der Waals surface area contributed by atoms with Crippen LogP contribution in [0.4, 0.5) is 0 Å². The van der Waals surface area contributed by atoms with E-state index in [4.69, 9.17) is 4.74 Å². The lowest BCUT2D eigenvalue weighted by molar-refractivity contribution is 0.101. The number of phenolic OH excluding ortho intramolecular Hbond substituents is 1. The molecule has 0 saturated heterocycles. The number of hydrogen-bond donors (Lipinski definition) is 1. The summed E-state index contributed by atoms with van der Waals surface area (Å²) in [5.74, 6) is 0.735. The number of rotatable bonds is 7. The number of pyridine rings is 1. The lowest BCUT2D eigenvalue weighted by Crippen LogP contribution is -2.25. The molecular formula is C21H26Cl2N2O3. The Morgan fingerprint density at radius 1 is 1.14 bits per heavy atom. The second-order valence-corrected chi connectivity index (χ2v) is 6.44. The van der Waals surface area contributed by atoms with Gasteiger partial charge < -0.3 is 9.84 Å². The van der Waals surface area contributed by atoms with Gasteiger partial charge in [-0.05, 0) is 55.8 Å². The molecule has 0 bridgehead atoms. The van der Waals surface area contributed by atoms with E-state index >= 15 is 0 Å². The molecule has 7 heteroatoms. The van der Waals surface area contributed by atoms with Crippen molar-refractivity contribution < 1.29 is 14.6 Å². The Kier molecular flexibility index (Phi) is 9.46. The van der Waals surface area contributed by atoms with Crippen molar-refractivity contribution in [3.63, 3.8) is 0 Å². The van der Waals surface area contributed by atoms with Crippen LogP contribution in [0, 0.1) is 0 Å². The number of Topliss-reactive ketones (excluding diaryl/α,β-unsaturated/α-hetero) is 1. The van der Waals surface area contributed by atoms with Crippen molar-refractivity contribution in [3.8, 4) is 11.5 Å². The fraction of sp³-hybridized carbons (Fsp3) is 0.333. The molecular weight excluding hydrogens is 399 g/mol. The highest BCUT2D eigenvalue weighted by Gasteiger charge is 2.31. The second kappa shape index (κ2) is 11.1.